The van der Waals surface area contributed by atoms with E-state index in [0.29, 0.717) is 5.56 Å². The van der Waals surface area contributed by atoms with Crippen LogP contribution in [-0.4, -0.2) is 40.5 Å². The fraction of sp³-hybridized carbons (Fsp3) is 0.185. The van der Waals surface area contributed by atoms with Gasteiger partial charge in [-0.2, -0.15) is 13.2 Å². The van der Waals surface area contributed by atoms with Gasteiger partial charge in [0.15, 0.2) is 16.2 Å². The van der Waals surface area contributed by atoms with Gasteiger partial charge in [-0.1, -0.05) is 18.2 Å². The summed E-state index contributed by atoms with van der Waals surface area (Å²) in [5.41, 5.74) is 4.13. The minimum atomic E-state index is -4.55. The fourth-order valence-electron chi connectivity index (χ4n) is 3.70. The lowest BCUT2D eigenvalue weighted by atomic mass is 10.1. The minimum Gasteiger partial charge on any atom is -0.474 e. The molecule has 1 atom stereocenters. The zero-order valence-electron chi connectivity index (χ0n) is 21.5. The Bertz CT molecular complexity index is 1580. The van der Waals surface area contributed by atoms with E-state index >= 15 is 0 Å². The van der Waals surface area contributed by atoms with Crippen LogP contribution >= 0.6 is 15.9 Å². The molecule has 0 aliphatic heterocycles. The van der Waals surface area contributed by atoms with E-state index in [2.05, 4.69) is 25.9 Å². The highest BCUT2D eigenvalue weighted by Gasteiger charge is 2.31. The predicted molar refractivity (Wildman–Crippen MR) is 140 cm³/mol. The van der Waals surface area contributed by atoms with Crippen molar-refractivity contribution < 1.29 is 45.4 Å². The predicted octanol–water partition coefficient (Wildman–Crippen LogP) is 6.28. The van der Waals surface area contributed by atoms with Crippen LogP contribution < -0.4 is 10.5 Å². The first-order chi connectivity index (χ1) is 19.8. The van der Waals surface area contributed by atoms with Crippen molar-refractivity contribution in [3.8, 4) is 17.0 Å². The van der Waals surface area contributed by atoms with Gasteiger partial charge >= 0.3 is 12.3 Å². The fourth-order valence-corrected chi connectivity index (χ4v) is 4.18. The van der Waals surface area contributed by atoms with E-state index in [1.807, 2.05) is 0 Å². The summed E-state index contributed by atoms with van der Waals surface area (Å²) in [6.45, 7) is -0.478. The molecule has 0 radical (unpaired) electrons. The van der Waals surface area contributed by atoms with Crippen molar-refractivity contribution in [3.63, 3.8) is 0 Å². The van der Waals surface area contributed by atoms with Crippen LogP contribution in [-0.2, 0) is 17.5 Å². The van der Waals surface area contributed by atoms with Crippen molar-refractivity contribution >= 4 is 27.9 Å². The molecule has 2 aromatic carbocycles. The molecule has 1 unspecified atom stereocenters. The Kier molecular flexibility index (Phi) is 9.09. The summed E-state index contributed by atoms with van der Waals surface area (Å²) in [5.74, 6) is -4.96. The number of nitrogens with two attached hydrogens (primary N) is 1. The number of halogens is 6. The Balaban J connectivity index is 1.62. The first-order valence-electron chi connectivity index (χ1n) is 11.9. The van der Waals surface area contributed by atoms with Crippen LogP contribution in [0.1, 0.15) is 33.5 Å². The molecule has 2 heterocycles. The van der Waals surface area contributed by atoms with E-state index in [9.17, 15) is 31.5 Å². The number of benzene rings is 2. The van der Waals surface area contributed by atoms with E-state index < -0.39 is 59.4 Å². The van der Waals surface area contributed by atoms with Crippen LogP contribution in [0.25, 0.3) is 11.3 Å². The number of aromatic nitrogens is 2. The second kappa shape index (κ2) is 12.5. The second-order valence-corrected chi connectivity index (χ2v) is 9.47. The summed E-state index contributed by atoms with van der Waals surface area (Å²) in [4.78, 5) is 33.7. The number of carbonyl (C=O) groups excluding carboxylic acids is 2. The summed E-state index contributed by atoms with van der Waals surface area (Å²) in [6.07, 6.45) is -3.73. The highest BCUT2D eigenvalue weighted by Crippen LogP contribution is 2.36. The summed E-state index contributed by atoms with van der Waals surface area (Å²) in [5, 5.41) is 0. The maximum Gasteiger partial charge on any atom is 0.416 e. The van der Waals surface area contributed by atoms with Crippen LogP contribution in [0.5, 0.6) is 5.75 Å². The maximum absolute atomic E-state index is 15.0. The van der Waals surface area contributed by atoms with Gasteiger partial charge in [0.2, 0.25) is 12.0 Å². The third kappa shape index (κ3) is 7.02. The quantitative estimate of drug-likeness (QED) is 0.211. The van der Waals surface area contributed by atoms with E-state index in [0.717, 1.165) is 36.4 Å². The van der Waals surface area contributed by atoms with Crippen molar-refractivity contribution in [3.05, 3.63) is 99.8 Å². The van der Waals surface area contributed by atoms with Crippen LogP contribution in [0.2, 0.25) is 0 Å². The highest BCUT2D eigenvalue weighted by molar-refractivity contribution is 9.10. The largest absolute Gasteiger partial charge is 0.474 e. The molecule has 4 aromatic rings. The van der Waals surface area contributed by atoms with Crippen LogP contribution in [0.4, 0.5) is 26.7 Å². The maximum atomic E-state index is 15.0. The number of amides is 2. The molecule has 2 amide bonds. The third-order valence-electron chi connectivity index (χ3n) is 5.75. The standard InChI is InChI=1S/C27H20BrF5N4O5/c1-37(12-14-3-2-10-35-11-14)26(39)40-13-19(41-18-9-8-17(29)20(21(18)30)24(34)38)25-36-22(23(28)42-25)15-4-6-16(7-5-15)27(31,32)33/h2-11,19H,12-13H2,1H3,(H2,34,38). The SMILES string of the molecule is CN(Cc1cccnc1)C(=O)OCC(Oc1ccc(F)c(C(N)=O)c1F)c1nc(-c2ccc(C(F)(F)F)cc2)c(Br)o1. The van der Waals surface area contributed by atoms with Gasteiger partial charge in [0.25, 0.3) is 5.91 Å². The van der Waals surface area contributed by atoms with Gasteiger partial charge in [-0.25, -0.2) is 18.6 Å². The Morgan fingerprint density at radius 1 is 1.12 bits per heavy atom. The van der Waals surface area contributed by atoms with Crippen molar-refractivity contribution in [1.82, 2.24) is 14.9 Å². The van der Waals surface area contributed by atoms with Crippen molar-refractivity contribution in [1.29, 1.82) is 0 Å². The number of hydrogen-bond acceptors (Lipinski definition) is 7. The zero-order valence-corrected chi connectivity index (χ0v) is 23.1. The van der Waals surface area contributed by atoms with Gasteiger partial charge in [0, 0.05) is 25.0 Å². The Morgan fingerprint density at radius 2 is 1.83 bits per heavy atom. The Hall–Kier alpha value is -4.53. The number of nitrogens with zero attached hydrogens (tertiary/aromatic N) is 3. The van der Waals surface area contributed by atoms with Crippen LogP contribution in [0.15, 0.2) is 70.0 Å². The number of oxazole rings is 1. The minimum absolute atomic E-state index is 0.0247. The topological polar surface area (TPSA) is 121 Å². The Morgan fingerprint density at radius 3 is 2.45 bits per heavy atom. The van der Waals surface area contributed by atoms with Gasteiger partial charge in [0.1, 0.15) is 23.7 Å². The molecule has 0 saturated heterocycles. The number of ether oxygens (including phenoxy) is 2. The van der Waals surface area contributed by atoms with Gasteiger partial charge < -0.3 is 24.5 Å². The molecule has 4 rings (SSSR count). The van der Waals surface area contributed by atoms with Crippen molar-refractivity contribution in [2.75, 3.05) is 13.7 Å². The Labute approximate surface area is 243 Å². The number of alkyl halides is 3. The smallest absolute Gasteiger partial charge is 0.416 e. The average Bonchev–Trinajstić information content (AvgIpc) is 3.33. The molecular formula is C27H20BrF5N4O5. The average molecular weight is 655 g/mol. The van der Waals surface area contributed by atoms with Crippen LogP contribution in [0, 0.1) is 11.6 Å². The van der Waals surface area contributed by atoms with Crippen LogP contribution in [0.3, 0.4) is 0 Å². The summed E-state index contributed by atoms with van der Waals surface area (Å²) in [6, 6.07) is 9.09. The first kappa shape index (κ1) is 30.4. The van der Waals surface area contributed by atoms with E-state index in [4.69, 9.17) is 19.6 Å². The molecule has 2 N–H and O–H groups in total. The zero-order chi connectivity index (χ0) is 30.6. The molecule has 0 saturated carbocycles. The van der Waals surface area contributed by atoms with Gasteiger partial charge in [-0.15, -0.1) is 0 Å². The lowest BCUT2D eigenvalue weighted by Crippen LogP contribution is -2.29. The number of primary amides is 1. The van der Waals surface area contributed by atoms with E-state index in [1.165, 1.54) is 11.9 Å². The second-order valence-electron chi connectivity index (χ2n) is 8.75. The summed E-state index contributed by atoms with van der Waals surface area (Å²) in [7, 11) is 1.45. The summed E-state index contributed by atoms with van der Waals surface area (Å²) < 4.78 is 84.5. The van der Waals surface area contributed by atoms with Gasteiger partial charge in [0.05, 0.1) is 12.1 Å². The molecule has 0 aliphatic carbocycles. The number of carbonyl (C=O) groups is 2. The lowest BCUT2D eigenvalue weighted by molar-refractivity contribution is -0.137. The molecule has 0 spiro atoms. The third-order valence-corrected chi connectivity index (χ3v) is 6.28. The highest BCUT2D eigenvalue weighted by atomic mass is 79.9. The lowest BCUT2D eigenvalue weighted by Gasteiger charge is -2.20. The molecule has 15 heteroatoms. The molecule has 0 fully saturated rings. The molecule has 220 valence electrons. The van der Waals surface area contributed by atoms with E-state index in [1.54, 1.807) is 24.5 Å². The molecule has 0 bridgehead atoms. The molecule has 42 heavy (non-hydrogen) atoms. The van der Waals surface area contributed by atoms with Gasteiger partial charge in [-0.05, 0) is 51.8 Å². The molecule has 0 aliphatic rings. The number of rotatable bonds is 9. The van der Waals surface area contributed by atoms with Crippen molar-refractivity contribution in [2.24, 2.45) is 5.73 Å². The number of hydrogen-bond donors (Lipinski definition) is 1. The summed E-state index contributed by atoms with van der Waals surface area (Å²) >= 11 is 3.15. The normalized spacial score (nSPS) is 12.1. The number of pyridine rings is 1. The molecular weight excluding hydrogens is 635 g/mol. The monoisotopic (exact) mass is 654 g/mol. The first-order valence-corrected chi connectivity index (χ1v) is 12.7. The van der Waals surface area contributed by atoms with Crippen molar-refractivity contribution in [2.45, 2.75) is 18.8 Å². The van der Waals surface area contributed by atoms with Gasteiger partial charge in [-0.3, -0.25) is 9.78 Å². The molecule has 9 nitrogen and oxygen atoms in total. The molecule has 2 aromatic heterocycles. The van der Waals surface area contributed by atoms with E-state index in [-0.39, 0.29) is 28.4 Å².